The monoisotopic (exact) mass is 379 g/mol. The minimum Gasteiger partial charge on any atom is -0.375 e. The number of carbonyl (C=O) groups is 2. The topological polar surface area (TPSA) is 118 Å². The lowest BCUT2D eigenvalue weighted by atomic mass is 10.2. The molecule has 1 aromatic carbocycles. The lowest BCUT2D eigenvalue weighted by Gasteiger charge is -2.11. The van der Waals surface area contributed by atoms with Crippen molar-refractivity contribution < 1.29 is 18.8 Å². The van der Waals surface area contributed by atoms with Crippen LogP contribution in [0, 0.1) is 6.92 Å². The molecule has 0 bridgehead atoms. The number of aryl methyl sites for hydroxylation is 1. The SMILES string of the molecule is COCC(=O)Nc1ccc(C)c(NC(=O)NCc2nc(CSC)no2)c1. The Balaban J connectivity index is 1.91. The predicted octanol–water partition coefficient (Wildman–Crippen LogP) is 2.15. The molecule has 0 aliphatic rings. The molecule has 2 aromatic rings. The van der Waals surface area contributed by atoms with E-state index in [1.807, 2.05) is 13.2 Å². The lowest BCUT2D eigenvalue weighted by Crippen LogP contribution is -2.28. The Morgan fingerprint density at radius 3 is 2.85 bits per heavy atom. The second kappa shape index (κ2) is 9.78. The summed E-state index contributed by atoms with van der Waals surface area (Å²) in [5.41, 5.74) is 1.99. The normalized spacial score (nSPS) is 10.4. The summed E-state index contributed by atoms with van der Waals surface area (Å²) in [6.45, 7) is 1.93. The molecular weight excluding hydrogens is 358 g/mol. The molecule has 0 atom stereocenters. The summed E-state index contributed by atoms with van der Waals surface area (Å²) >= 11 is 1.58. The molecule has 0 saturated heterocycles. The summed E-state index contributed by atoms with van der Waals surface area (Å²) in [6, 6.07) is 4.80. The fourth-order valence-electron chi connectivity index (χ4n) is 2.03. The number of nitrogens with zero attached hydrogens (tertiary/aromatic N) is 2. The van der Waals surface area contributed by atoms with E-state index in [-0.39, 0.29) is 19.1 Å². The average molecular weight is 379 g/mol. The number of nitrogens with one attached hydrogen (secondary N) is 3. The minimum absolute atomic E-state index is 0.0418. The van der Waals surface area contributed by atoms with Gasteiger partial charge in [0.15, 0.2) is 5.82 Å². The maximum atomic E-state index is 12.1. The first-order valence-electron chi connectivity index (χ1n) is 7.76. The van der Waals surface area contributed by atoms with Crippen molar-refractivity contribution in [2.24, 2.45) is 0 Å². The maximum Gasteiger partial charge on any atom is 0.319 e. The molecule has 1 aromatic heterocycles. The molecule has 10 heteroatoms. The van der Waals surface area contributed by atoms with E-state index in [4.69, 9.17) is 9.26 Å². The van der Waals surface area contributed by atoms with Crippen molar-refractivity contribution in [3.63, 3.8) is 0 Å². The number of aromatic nitrogens is 2. The predicted molar refractivity (Wildman–Crippen MR) is 99.1 cm³/mol. The first kappa shape index (κ1) is 19.7. The van der Waals surface area contributed by atoms with Gasteiger partial charge in [-0.05, 0) is 30.9 Å². The third-order valence-corrected chi connectivity index (χ3v) is 3.78. The lowest BCUT2D eigenvalue weighted by molar-refractivity contribution is -0.119. The third kappa shape index (κ3) is 6.05. The summed E-state index contributed by atoms with van der Waals surface area (Å²) in [6.07, 6.45) is 1.94. The average Bonchev–Trinajstić information content (AvgIpc) is 3.04. The Morgan fingerprint density at radius 2 is 2.12 bits per heavy atom. The molecule has 3 amide bonds. The highest BCUT2D eigenvalue weighted by Crippen LogP contribution is 2.20. The summed E-state index contributed by atoms with van der Waals surface area (Å²) in [5.74, 6) is 1.30. The van der Waals surface area contributed by atoms with E-state index in [1.165, 1.54) is 7.11 Å². The van der Waals surface area contributed by atoms with Crippen molar-refractivity contribution in [1.29, 1.82) is 0 Å². The Morgan fingerprint density at radius 1 is 1.31 bits per heavy atom. The van der Waals surface area contributed by atoms with Crippen LogP contribution in [-0.2, 0) is 21.8 Å². The van der Waals surface area contributed by atoms with E-state index in [1.54, 1.807) is 30.0 Å². The number of rotatable bonds is 8. The van der Waals surface area contributed by atoms with E-state index in [9.17, 15) is 9.59 Å². The molecule has 140 valence electrons. The van der Waals surface area contributed by atoms with Crippen molar-refractivity contribution in [3.8, 4) is 0 Å². The molecule has 2 rings (SSSR count). The van der Waals surface area contributed by atoms with Crippen LogP contribution in [0.5, 0.6) is 0 Å². The molecule has 0 spiro atoms. The second-order valence-electron chi connectivity index (χ2n) is 5.36. The number of ether oxygens (including phenoxy) is 1. The van der Waals surface area contributed by atoms with Gasteiger partial charge < -0.3 is 25.2 Å². The van der Waals surface area contributed by atoms with Gasteiger partial charge in [0, 0.05) is 18.5 Å². The van der Waals surface area contributed by atoms with Gasteiger partial charge in [0.1, 0.15) is 6.61 Å². The Hall–Kier alpha value is -2.59. The first-order valence-corrected chi connectivity index (χ1v) is 9.16. The highest BCUT2D eigenvalue weighted by molar-refractivity contribution is 7.97. The largest absolute Gasteiger partial charge is 0.375 e. The van der Waals surface area contributed by atoms with E-state index in [0.29, 0.717) is 28.8 Å². The van der Waals surface area contributed by atoms with Gasteiger partial charge in [-0.25, -0.2) is 4.79 Å². The molecule has 3 N–H and O–H groups in total. The third-order valence-electron chi connectivity index (χ3n) is 3.23. The number of urea groups is 1. The summed E-state index contributed by atoms with van der Waals surface area (Å²) in [5, 5.41) is 11.9. The van der Waals surface area contributed by atoms with Crippen molar-refractivity contribution in [1.82, 2.24) is 15.5 Å². The van der Waals surface area contributed by atoms with E-state index < -0.39 is 6.03 Å². The number of hydrogen-bond donors (Lipinski definition) is 3. The van der Waals surface area contributed by atoms with Gasteiger partial charge in [-0.1, -0.05) is 11.2 Å². The van der Waals surface area contributed by atoms with Crippen molar-refractivity contribution in [3.05, 3.63) is 35.5 Å². The summed E-state index contributed by atoms with van der Waals surface area (Å²) in [7, 11) is 1.44. The highest BCUT2D eigenvalue weighted by Gasteiger charge is 2.10. The van der Waals surface area contributed by atoms with Crippen LogP contribution < -0.4 is 16.0 Å². The standard InChI is InChI=1S/C16H21N5O4S/c1-10-4-5-11(18-14(22)8-24-2)6-12(10)19-16(23)17-7-15-20-13(9-26-3)21-25-15/h4-6H,7-9H2,1-3H3,(H,18,22)(H2,17,19,23). The quantitative estimate of drug-likeness (QED) is 0.643. The number of anilines is 2. The second-order valence-corrected chi connectivity index (χ2v) is 6.22. The zero-order valence-corrected chi connectivity index (χ0v) is 15.6. The Labute approximate surface area is 155 Å². The van der Waals surface area contributed by atoms with Crippen LogP contribution in [0.25, 0.3) is 0 Å². The van der Waals surface area contributed by atoms with Crippen molar-refractivity contribution >= 4 is 35.1 Å². The van der Waals surface area contributed by atoms with Crippen molar-refractivity contribution in [2.45, 2.75) is 19.2 Å². The van der Waals surface area contributed by atoms with Crippen LogP contribution in [0.3, 0.4) is 0 Å². The first-order chi connectivity index (χ1) is 12.5. The Bertz CT molecular complexity index is 765. The zero-order valence-electron chi connectivity index (χ0n) is 14.8. The van der Waals surface area contributed by atoms with Gasteiger partial charge in [-0.2, -0.15) is 16.7 Å². The number of methoxy groups -OCH3 is 1. The molecule has 9 nitrogen and oxygen atoms in total. The van der Waals surface area contributed by atoms with Gasteiger partial charge in [0.2, 0.25) is 11.8 Å². The van der Waals surface area contributed by atoms with Gasteiger partial charge in [-0.15, -0.1) is 0 Å². The number of carbonyl (C=O) groups excluding carboxylic acids is 2. The molecule has 0 aliphatic heterocycles. The summed E-state index contributed by atoms with van der Waals surface area (Å²) < 4.78 is 9.82. The Kier molecular flexibility index (Phi) is 7.42. The van der Waals surface area contributed by atoms with Crippen LogP contribution in [0.1, 0.15) is 17.3 Å². The van der Waals surface area contributed by atoms with Gasteiger partial charge in [0.05, 0.1) is 12.3 Å². The highest BCUT2D eigenvalue weighted by atomic mass is 32.2. The van der Waals surface area contributed by atoms with Crippen LogP contribution in [0.2, 0.25) is 0 Å². The number of thioether (sulfide) groups is 1. The molecular formula is C16H21N5O4S. The minimum atomic E-state index is -0.418. The van der Waals surface area contributed by atoms with Crippen LogP contribution >= 0.6 is 11.8 Å². The smallest absolute Gasteiger partial charge is 0.319 e. The molecule has 0 fully saturated rings. The van der Waals surface area contributed by atoms with Gasteiger partial charge in [0.25, 0.3) is 0 Å². The number of benzene rings is 1. The van der Waals surface area contributed by atoms with Gasteiger partial charge >= 0.3 is 6.03 Å². The van der Waals surface area contributed by atoms with Crippen molar-refractivity contribution in [2.75, 3.05) is 30.6 Å². The molecule has 0 aliphatic carbocycles. The van der Waals surface area contributed by atoms with E-state index in [2.05, 4.69) is 26.1 Å². The molecule has 0 radical (unpaired) electrons. The van der Waals surface area contributed by atoms with Crippen LogP contribution in [-0.4, -0.2) is 42.1 Å². The fraction of sp³-hybridized carbons (Fsp3) is 0.375. The molecule has 0 saturated carbocycles. The molecule has 0 unspecified atom stereocenters. The van der Waals surface area contributed by atoms with Crippen LogP contribution in [0.15, 0.2) is 22.7 Å². The van der Waals surface area contributed by atoms with Gasteiger partial charge in [-0.3, -0.25) is 4.79 Å². The summed E-state index contributed by atoms with van der Waals surface area (Å²) in [4.78, 5) is 27.8. The molecule has 26 heavy (non-hydrogen) atoms. The maximum absolute atomic E-state index is 12.1. The fourth-order valence-corrected chi connectivity index (χ4v) is 2.41. The number of hydrogen-bond acceptors (Lipinski definition) is 7. The zero-order chi connectivity index (χ0) is 18.9. The van der Waals surface area contributed by atoms with Crippen LogP contribution in [0.4, 0.5) is 16.2 Å². The van der Waals surface area contributed by atoms with E-state index >= 15 is 0 Å². The molecule has 1 heterocycles. The van der Waals surface area contributed by atoms with E-state index in [0.717, 1.165) is 5.56 Å². The number of amides is 3.